The number of para-hydroxylation sites is 1. The standard InChI is InChI=1S/C22H34FN5O3Si/c1-17-6-5-7-19(23)22(17)26-10-8-18(9-11-26)24-14-20-21(28(29)30)15-25-27(20)16-31-12-13-32(2,3)4/h5-7,15,18,24H,8-14,16H2,1-4H3. The van der Waals surface area contributed by atoms with E-state index in [-0.39, 0.29) is 24.3 Å². The molecule has 10 heteroatoms. The Morgan fingerprint density at radius 1 is 1.31 bits per heavy atom. The highest BCUT2D eigenvalue weighted by Gasteiger charge is 2.25. The SMILES string of the molecule is Cc1cccc(F)c1N1CCC(NCc2c([N+](=O)[O-])cnn2COCC[Si](C)(C)C)CC1. The van der Waals surface area contributed by atoms with Gasteiger partial charge in [-0.15, -0.1) is 0 Å². The number of anilines is 1. The van der Waals surface area contributed by atoms with Crippen molar-refractivity contribution < 1.29 is 14.1 Å². The molecule has 0 spiro atoms. The van der Waals surface area contributed by atoms with Gasteiger partial charge in [0, 0.05) is 40.4 Å². The summed E-state index contributed by atoms with van der Waals surface area (Å²) in [4.78, 5) is 13.1. The molecule has 176 valence electrons. The zero-order valence-electron chi connectivity index (χ0n) is 19.4. The fourth-order valence-electron chi connectivity index (χ4n) is 3.95. The zero-order valence-corrected chi connectivity index (χ0v) is 20.4. The third-order valence-electron chi connectivity index (χ3n) is 5.89. The summed E-state index contributed by atoms with van der Waals surface area (Å²) in [6, 6.07) is 6.39. The number of halogens is 1. The van der Waals surface area contributed by atoms with E-state index in [9.17, 15) is 14.5 Å². The van der Waals surface area contributed by atoms with E-state index >= 15 is 0 Å². The predicted octanol–water partition coefficient (Wildman–Crippen LogP) is 4.31. The van der Waals surface area contributed by atoms with Crippen molar-refractivity contribution in [2.45, 2.75) is 64.8 Å². The minimum absolute atomic E-state index is 0.00529. The van der Waals surface area contributed by atoms with Gasteiger partial charge in [-0.05, 0) is 37.4 Å². The van der Waals surface area contributed by atoms with Gasteiger partial charge in [-0.25, -0.2) is 9.07 Å². The van der Waals surface area contributed by atoms with E-state index in [1.54, 1.807) is 10.7 Å². The van der Waals surface area contributed by atoms with Crippen molar-refractivity contribution in [1.82, 2.24) is 15.1 Å². The van der Waals surface area contributed by atoms with E-state index in [1.807, 2.05) is 13.0 Å². The number of rotatable bonds is 10. The van der Waals surface area contributed by atoms with Crippen molar-refractivity contribution in [3.8, 4) is 0 Å². The van der Waals surface area contributed by atoms with Crippen LogP contribution in [0.4, 0.5) is 15.8 Å². The molecule has 0 amide bonds. The lowest BCUT2D eigenvalue weighted by molar-refractivity contribution is -0.385. The molecule has 0 bridgehead atoms. The highest BCUT2D eigenvalue weighted by molar-refractivity contribution is 6.76. The summed E-state index contributed by atoms with van der Waals surface area (Å²) >= 11 is 0. The molecule has 0 aliphatic carbocycles. The molecule has 1 saturated heterocycles. The van der Waals surface area contributed by atoms with E-state index < -0.39 is 13.0 Å². The van der Waals surface area contributed by atoms with Crippen LogP contribution < -0.4 is 10.2 Å². The van der Waals surface area contributed by atoms with Gasteiger partial charge in [0.15, 0.2) is 0 Å². The van der Waals surface area contributed by atoms with Crippen molar-refractivity contribution in [3.05, 3.63) is 51.6 Å². The minimum Gasteiger partial charge on any atom is -0.369 e. The van der Waals surface area contributed by atoms with Crippen LogP contribution in [0.25, 0.3) is 0 Å². The second-order valence-corrected chi connectivity index (χ2v) is 15.3. The number of aromatic nitrogens is 2. The summed E-state index contributed by atoms with van der Waals surface area (Å²) in [6.45, 7) is 11.4. The number of hydrogen-bond donors (Lipinski definition) is 1. The van der Waals surface area contributed by atoms with E-state index in [0.717, 1.165) is 37.5 Å². The molecule has 1 fully saturated rings. The third kappa shape index (κ3) is 6.36. The summed E-state index contributed by atoms with van der Waals surface area (Å²) < 4.78 is 21.6. The topological polar surface area (TPSA) is 85.5 Å². The number of nitro groups is 1. The maximum absolute atomic E-state index is 14.3. The molecule has 2 aromatic rings. The Labute approximate surface area is 189 Å². The average Bonchev–Trinajstić information content (AvgIpc) is 3.13. The van der Waals surface area contributed by atoms with Crippen LogP contribution in [0.3, 0.4) is 0 Å². The van der Waals surface area contributed by atoms with Gasteiger partial charge in [0.2, 0.25) is 0 Å². The van der Waals surface area contributed by atoms with Crippen LogP contribution in [-0.4, -0.2) is 48.5 Å². The Balaban J connectivity index is 1.56. The van der Waals surface area contributed by atoms with Crippen LogP contribution in [-0.2, 0) is 18.0 Å². The lowest BCUT2D eigenvalue weighted by Gasteiger charge is -2.35. The molecule has 2 heterocycles. The number of benzene rings is 1. The van der Waals surface area contributed by atoms with E-state index in [4.69, 9.17) is 4.74 Å². The van der Waals surface area contributed by atoms with Crippen LogP contribution >= 0.6 is 0 Å². The first-order valence-corrected chi connectivity index (χ1v) is 14.9. The van der Waals surface area contributed by atoms with Crippen LogP contribution in [0.2, 0.25) is 25.7 Å². The van der Waals surface area contributed by atoms with Gasteiger partial charge in [0.25, 0.3) is 0 Å². The van der Waals surface area contributed by atoms with Crippen LogP contribution in [0.5, 0.6) is 0 Å². The molecule has 3 rings (SSSR count). The Hall–Kier alpha value is -2.30. The summed E-state index contributed by atoms with van der Waals surface area (Å²) in [5.41, 5.74) is 2.14. The van der Waals surface area contributed by atoms with Crippen LogP contribution in [0.15, 0.2) is 24.4 Å². The van der Waals surface area contributed by atoms with Gasteiger partial charge >= 0.3 is 5.69 Å². The minimum atomic E-state index is -1.20. The second kappa shape index (κ2) is 10.5. The van der Waals surface area contributed by atoms with Gasteiger partial charge in [0.05, 0.1) is 10.6 Å². The normalized spacial score (nSPS) is 15.3. The molecule has 0 saturated carbocycles. The Morgan fingerprint density at radius 2 is 2.03 bits per heavy atom. The number of aryl methyl sites for hydroxylation is 1. The number of nitrogens with zero attached hydrogens (tertiary/aromatic N) is 4. The summed E-state index contributed by atoms with van der Waals surface area (Å²) in [5, 5.41) is 19.1. The van der Waals surface area contributed by atoms with Crippen molar-refractivity contribution >= 4 is 19.4 Å². The lowest BCUT2D eigenvalue weighted by atomic mass is 10.0. The molecule has 1 aliphatic heterocycles. The highest BCUT2D eigenvalue weighted by Crippen LogP contribution is 2.27. The van der Waals surface area contributed by atoms with E-state index in [1.165, 1.54) is 12.3 Å². The maximum atomic E-state index is 14.3. The molecule has 0 atom stereocenters. The highest BCUT2D eigenvalue weighted by atomic mass is 28.3. The van der Waals surface area contributed by atoms with Crippen LogP contribution in [0.1, 0.15) is 24.1 Å². The first kappa shape index (κ1) is 24.3. The Bertz CT molecular complexity index is 903. The van der Waals surface area contributed by atoms with Gasteiger partial charge in [-0.2, -0.15) is 5.10 Å². The average molecular weight is 464 g/mol. The molecular formula is C22H34FN5O3Si. The van der Waals surface area contributed by atoms with Crippen molar-refractivity contribution in [3.63, 3.8) is 0 Å². The van der Waals surface area contributed by atoms with Crippen molar-refractivity contribution in [2.75, 3.05) is 24.6 Å². The number of nitrogens with one attached hydrogen (secondary N) is 1. The Morgan fingerprint density at radius 3 is 2.66 bits per heavy atom. The number of hydrogen-bond acceptors (Lipinski definition) is 6. The largest absolute Gasteiger partial charge is 0.369 e. The molecule has 1 aromatic carbocycles. The van der Waals surface area contributed by atoms with E-state index in [0.29, 0.717) is 24.5 Å². The van der Waals surface area contributed by atoms with Gasteiger partial charge in [-0.3, -0.25) is 10.1 Å². The maximum Gasteiger partial charge on any atom is 0.311 e. The molecule has 0 radical (unpaired) electrons. The monoisotopic (exact) mass is 463 g/mol. The molecule has 1 aliphatic rings. The smallest absolute Gasteiger partial charge is 0.311 e. The summed E-state index contributed by atoms with van der Waals surface area (Å²) in [6.07, 6.45) is 2.97. The second-order valence-electron chi connectivity index (χ2n) is 9.63. The predicted molar refractivity (Wildman–Crippen MR) is 126 cm³/mol. The van der Waals surface area contributed by atoms with Crippen molar-refractivity contribution in [2.24, 2.45) is 0 Å². The molecule has 32 heavy (non-hydrogen) atoms. The lowest BCUT2D eigenvalue weighted by Crippen LogP contribution is -2.43. The number of ether oxygens (including phenoxy) is 1. The Kier molecular flexibility index (Phi) is 8.02. The fraction of sp³-hybridized carbons (Fsp3) is 0.591. The first-order valence-electron chi connectivity index (χ1n) is 11.2. The number of piperidine rings is 1. The fourth-order valence-corrected chi connectivity index (χ4v) is 4.70. The van der Waals surface area contributed by atoms with Gasteiger partial charge < -0.3 is 15.0 Å². The van der Waals surface area contributed by atoms with Gasteiger partial charge in [-0.1, -0.05) is 31.8 Å². The van der Waals surface area contributed by atoms with E-state index in [2.05, 4.69) is 35.0 Å². The zero-order chi connectivity index (χ0) is 23.3. The molecule has 1 aromatic heterocycles. The van der Waals surface area contributed by atoms with Gasteiger partial charge in [0.1, 0.15) is 24.4 Å². The summed E-state index contributed by atoms with van der Waals surface area (Å²) in [7, 11) is -1.20. The van der Waals surface area contributed by atoms with Crippen LogP contribution in [0, 0.1) is 22.9 Å². The molecular weight excluding hydrogens is 429 g/mol. The third-order valence-corrected chi connectivity index (χ3v) is 7.60. The summed E-state index contributed by atoms with van der Waals surface area (Å²) in [5.74, 6) is -0.190. The molecule has 1 N–H and O–H groups in total. The molecule has 0 unspecified atom stereocenters. The molecule has 8 nitrogen and oxygen atoms in total. The quantitative estimate of drug-likeness (QED) is 0.245. The van der Waals surface area contributed by atoms with Crippen molar-refractivity contribution in [1.29, 1.82) is 0 Å². The first-order chi connectivity index (χ1) is 15.2.